The van der Waals surface area contributed by atoms with Gasteiger partial charge in [-0.2, -0.15) is 0 Å². The maximum atomic E-state index is 5.31. The molecule has 3 nitrogen and oxygen atoms in total. The van der Waals surface area contributed by atoms with Crippen LogP contribution >= 0.6 is 32.5 Å². The van der Waals surface area contributed by atoms with Crippen LogP contribution in [0.4, 0.5) is 0 Å². The fraction of sp³-hybridized carbons (Fsp3) is 1.00. The Morgan fingerprint density at radius 1 is 1.33 bits per heavy atom. The summed E-state index contributed by atoms with van der Waals surface area (Å²) < 4.78 is 14.7. The zero-order chi connectivity index (χ0) is 9.40. The van der Waals surface area contributed by atoms with Gasteiger partial charge >= 0.3 is 7.32 Å². The summed E-state index contributed by atoms with van der Waals surface area (Å²) in [5.41, 5.74) is 0. The minimum atomic E-state index is -0.683. The van der Waals surface area contributed by atoms with E-state index < -0.39 is 7.32 Å². The Balaban J connectivity index is 3.44. The molecule has 0 aliphatic rings. The first-order valence-corrected chi connectivity index (χ1v) is 5.24. The van der Waals surface area contributed by atoms with Crippen molar-refractivity contribution in [2.24, 2.45) is 0 Å². The molecule has 0 aliphatic heterocycles. The van der Waals surface area contributed by atoms with Gasteiger partial charge in [0.2, 0.25) is 0 Å². The van der Waals surface area contributed by atoms with Crippen molar-refractivity contribution in [1.29, 1.82) is 0 Å². The van der Waals surface area contributed by atoms with Crippen LogP contribution in [0.3, 0.4) is 0 Å². The highest BCUT2D eigenvalue weighted by Crippen LogP contribution is 2.09. The van der Waals surface area contributed by atoms with Gasteiger partial charge in [0.15, 0.2) is 0 Å². The summed E-state index contributed by atoms with van der Waals surface area (Å²) in [6.07, 6.45) is 3.48. The number of hydrogen-bond acceptors (Lipinski definition) is 3. The Kier molecular flexibility index (Phi) is 9.14. The lowest BCUT2D eigenvalue weighted by Gasteiger charge is -2.13. The fourth-order valence-electron chi connectivity index (χ4n) is 0.805. The van der Waals surface area contributed by atoms with Crippen LogP contribution in [0.1, 0.15) is 33.1 Å². The highest BCUT2D eigenvalue weighted by Gasteiger charge is 2.22. The van der Waals surface area contributed by atoms with E-state index in [1.54, 1.807) is 0 Å². The van der Waals surface area contributed by atoms with E-state index in [0.29, 0.717) is 0 Å². The third-order valence-corrected chi connectivity index (χ3v) is 2.06. The maximum Gasteiger partial charge on any atom is 0.662 e. The normalized spacial score (nSPS) is 13.0. The average Bonchev–Trinajstić information content (AvgIpc) is 2.10. The van der Waals surface area contributed by atoms with Crippen LogP contribution in [0.25, 0.3) is 0 Å². The van der Waals surface area contributed by atoms with Crippen LogP contribution in [-0.2, 0) is 12.1 Å². The topological polar surface area (TPSA) is 27.7 Å². The molecule has 6 heteroatoms. The van der Waals surface area contributed by atoms with Crippen molar-refractivity contribution >= 4 is 39.8 Å². The number of unbranched alkanes of at least 4 members (excludes halogenated alkanes) is 1. The Morgan fingerprint density at radius 2 is 1.92 bits per heavy atom. The summed E-state index contributed by atoms with van der Waals surface area (Å²) in [4.78, 5) is 0. The third-order valence-electron chi connectivity index (χ3n) is 1.45. The molecule has 0 aromatic heterocycles. The van der Waals surface area contributed by atoms with Gasteiger partial charge in [0.1, 0.15) is 0 Å². The first-order chi connectivity index (χ1) is 5.74. The Bertz CT molecular complexity index is 103. The average molecular weight is 304 g/mol. The molecule has 1 atom stereocenters. The van der Waals surface area contributed by atoms with Crippen molar-refractivity contribution in [3.8, 4) is 0 Å². The van der Waals surface area contributed by atoms with Gasteiger partial charge in [-0.05, 0) is 13.3 Å². The van der Waals surface area contributed by atoms with Gasteiger partial charge in [-0.3, -0.25) is 0 Å². The van der Waals surface area contributed by atoms with Crippen molar-refractivity contribution in [2.45, 2.75) is 39.2 Å². The highest BCUT2D eigenvalue weighted by molar-refractivity contribution is 9.06. The minimum Gasteiger partial charge on any atom is -0.382 e. The van der Waals surface area contributed by atoms with E-state index in [4.69, 9.17) is 4.65 Å². The summed E-state index contributed by atoms with van der Waals surface area (Å²) in [5.74, 6) is 0. The van der Waals surface area contributed by atoms with Gasteiger partial charge in [-0.25, -0.2) is 0 Å². The van der Waals surface area contributed by atoms with Gasteiger partial charge in [0, 0.05) is 6.10 Å². The van der Waals surface area contributed by atoms with Gasteiger partial charge in [0.05, 0.1) is 32.5 Å². The summed E-state index contributed by atoms with van der Waals surface area (Å²) in [6.45, 7) is 4.13. The largest absolute Gasteiger partial charge is 0.662 e. The molecule has 0 fully saturated rings. The smallest absolute Gasteiger partial charge is 0.382 e. The second kappa shape index (κ2) is 8.50. The van der Waals surface area contributed by atoms with E-state index in [1.165, 1.54) is 6.42 Å². The van der Waals surface area contributed by atoms with E-state index in [2.05, 4.69) is 46.9 Å². The van der Waals surface area contributed by atoms with Crippen molar-refractivity contribution in [2.75, 3.05) is 0 Å². The van der Waals surface area contributed by atoms with Gasteiger partial charge in [-0.15, -0.1) is 0 Å². The lowest BCUT2D eigenvalue weighted by Crippen LogP contribution is -2.25. The Morgan fingerprint density at radius 3 is 2.33 bits per heavy atom. The van der Waals surface area contributed by atoms with E-state index >= 15 is 0 Å². The molecule has 0 bridgehead atoms. The molecule has 0 saturated carbocycles. The van der Waals surface area contributed by atoms with Crippen molar-refractivity contribution in [3.05, 3.63) is 0 Å². The highest BCUT2D eigenvalue weighted by atomic mass is 79.9. The van der Waals surface area contributed by atoms with Crippen LogP contribution in [0.5, 0.6) is 0 Å². The molecule has 0 amide bonds. The second-order valence-electron chi connectivity index (χ2n) is 2.56. The number of hydrogen-bond donors (Lipinski definition) is 0. The SMILES string of the molecule is CCCCC(C)OB(OBr)OBr. The van der Waals surface area contributed by atoms with Crippen LogP contribution in [-0.4, -0.2) is 13.4 Å². The molecule has 0 radical (unpaired) electrons. The summed E-state index contributed by atoms with van der Waals surface area (Å²) >= 11 is 5.59. The molecule has 0 rings (SSSR count). The van der Waals surface area contributed by atoms with Gasteiger partial charge < -0.3 is 12.1 Å². The molecule has 1 unspecified atom stereocenters. The molecule has 0 spiro atoms. The number of rotatable bonds is 7. The summed E-state index contributed by atoms with van der Waals surface area (Å²) in [5, 5.41) is 0. The summed E-state index contributed by atoms with van der Waals surface area (Å²) in [6, 6.07) is 0. The summed E-state index contributed by atoms with van der Waals surface area (Å²) in [7, 11) is -0.683. The van der Waals surface area contributed by atoms with Gasteiger partial charge in [-0.1, -0.05) is 19.8 Å². The molecule has 72 valence electrons. The van der Waals surface area contributed by atoms with E-state index in [9.17, 15) is 0 Å². The van der Waals surface area contributed by atoms with Crippen LogP contribution in [0.15, 0.2) is 0 Å². The molecular weight excluding hydrogens is 291 g/mol. The standard InChI is InChI=1S/C6H13BBr2O3/c1-3-4-5-6(2)10-7(11-8)12-9/h6H,3-5H2,1-2H3. The lowest BCUT2D eigenvalue weighted by atomic mass is 10.1. The van der Waals surface area contributed by atoms with Gasteiger partial charge in [0.25, 0.3) is 0 Å². The van der Waals surface area contributed by atoms with Crippen molar-refractivity contribution < 1.29 is 12.1 Å². The molecule has 0 heterocycles. The fourth-order valence-corrected chi connectivity index (χ4v) is 1.34. The molecule has 12 heavy (non-hydrogen) atoms. The molecule has 0 aromatic carbocycles. The van der Waals surface area contributed by atoms with E-state index in [1.807, 2.05) is 6.92 Å². The maximum absolute atomic E-state index is 5.31. The third kappa shape index (κ3) is 6.42. The zero-order valence-electron chi connectivity index (χ0n) is 7.26. The first kappa shape index (κ1) is 12.9. The monoisotopic (exact) mass is 302 g/mol. The minimum absolute atomic E-state index is 0.144. The van der Waals surface area contributed by atoms with Crippen molar-refractivity contribution in [1.82, 2.24) is 0 Å². The van der Waals surface area contributed by atoms with Crippen LogP contribution in [0.2, 0.25) is 0 Å². The lowest BCUT2D eigenvalue weighted by molar-refractivity contribution is 0.149. The predicted molar refractivity (Wildman–Crippen MR) is 55.9 cm³/mol. The van der Waals surface area contributed by atoms with Crippen molar-refractivity contribution in [3.63, 3.8) is 0 Å². The molecular formula is C6H13BBr2O3. The van der Waals surface area contributed by atoms with Crippen LogP contribution in [0, 0.1) is 0 Å². The molecule has 0 aromatic rings. The molecule has 0 saturated heterocycles. The van der Waals surface area contributed by atoms with E-state index in [0.717, 1.165) is 12.8 Å². The Labute approximate surface area is 91.2 Å². The molecule has 0 aliphatic carbocycles. The zero-order valence-corrected chi connectivity index (χ0v) is 10.4. The Hall–Kier alpha value is 0.905. The van der Waals surface area contributed by atoms with E-state index in [-0.39, 0.29) is 6.10 Å². The second-order valence-corrected chi connectivity index (χ2v) is 3.30. The molecule has 0 N–H and O–H groups in total. The predicted octanol–water partition coefficient (Wildman–Crippen LogP) is 3.22. The first-order valence-electron chi connectivity index (χ1n) is 3.94. The van der Waals surface area contributed by atoms with Crippen LogP contribution < -0.4 is 0 Å². The quantitative estimate of drug-likeness (QED) is 0.676. The number of halogens is 2.